The lowest BCUT2D eigenvalue weighted by molar-refractivity contribution is -0.117. The summed E-state index contributed by atoms with van der Waals surface area (Å²) in [6.45, 7) is 3.02. The summed E-state index contributed by atoms with van der Waals surface area (Å²) < 4.78 is 0. The minimum atomic E-state index is 0.0197. The molecular formula is C20H26N4O. The number of benzene rings is 1. The minimum Gasteiger partial charge on any atom is -0.382 e. The number of carbonyl (C=O) groups excluding carboxylic acids is 1. The average molecular weight is 338 g/mol. The summed E-state index contributed by atoms with van der Waals surface area (Å²) in [5.74, 6) is 0.762. The first-order valence-electron chi connectivity index (χ1n) is 8.97. The molecule has 5 heteroatoms. The van der Waals surface area contributed by atoms with Gasteiger partial charge in [0.15, 0.2) is 0 Å². The van der Waals surface area contributed by atoms with Gasteiger partial charge in [-0.2, -0.15) is 0 Å². The Hall–Kier alpha value is -2.40. The van der Waals surface area contributed by atoms with Crippen LogP contribution in [0.4, 0.5) is 11.5 Å². The van der Waals surface area contributed by atoms with Crippen LogP contribution in [0.25, 0.3) is 0 Å². The molecule has 0 bridgehead atoms. The van der Waals surface area contributed by atoms with Crippen LogP contribution in [0.1, 0.15) is 31.2 Å². The second-order valence-corrected chi connectivity index (χ2v) is 6.77. The lowest BCUT2D eigenvalue weighted by Crippen LogP contribution is -2.30. The summed E-state index contributed by atoms with van der Waals surface area (Å²) >= 11 is 0. The van der Waals surface area contributed by atoms with Crippen molar-refractivity contribution in [2.24, 2.45) is 5.92 Å². The van der Waals surface area contributed by atoms with Crippen LogP contribution in [0.2, 0.25) is 0 Å². The van der Waals surface area contributed by atoms with Crippen molar-refractivity contribution < 1.29 is 4.79 Å². The SMILES string of the molecule is Nc1ncccc1NC(=O)CC1CCCCN(Cc2ccccc2)C1. The van der Waals surface area contributed by atoms with E-state index in [1.54, 1.807) is 18.3 Å². The maximum absolute atomic E-state index is 12.4. The van der Waals surface area contributed by atoms with Gasteiger partial charge in [0.1, 0.15) is 5.82 Å². The third-order valence-corrected chi connectivity index (χ3v) is 4.69. The molecule has 1 fully saturated rings. The summed E-state index contributed by atoms with van der Waals surface area (Å²) in [7, 11) is 0. The first kappa shape index (κ1) is 17.4. The second kappa shape index (κ2) is 8.62. The van der Waals surface area contributed by atoms with Crippen LogP contribution in [0.3, 0.4) is 0 Å². The first-order chi connectivity index (χ1) is 12.2. The third-order valence-electron chi connectivity index (χ3n) is 4.69. The van der Waals surface area contributed by atoms with E-state index in [4.69, 9.17) is 5.73 Å². The molecule has 0 saturated carbocycles. The number of nitrogen functional groups attached to an aromatic ring is 1. The molecule has 132 valence electrons. The van der Waals surface area contributed by atoms with Crippen molar-refractivity contribution in [1.82, 2.24) is 9.88 Å². The van der Waals surface area contributed by atoms with Gasteiger partial charge in [-0.05, 0) is 43.0 Å². The number of pyridine rings is 1. The standard InChI is InChI=1S/C20H26N4O/c21-20-18(10-6-11-22-20)23-19(25)13-17-9-4-5-12-24(15-17)14-16-7-2-1-3-8-16/h1-3,6-8,10-11,17H,4-5,9,12-15H2,(H2,21,22)(H,23,25). The largest absolute Gasteiger partial charge is 0.382 e. The van der Waals surface area contributed by atoms with Crippen molar-refractivity contribution in [3.05, 3.63) is 54.2 Å². The van der Waals surface area contributed by atoms with Crippen LogP contribution in [-0.2, 0) is 11.3 Å². The molecule has 25 heavy (non-hydrogen) atoms. The van der Waals surface area contributed by atoms with E-state index in [-0.39, 0.29) is 5.91 Å². The maximum Gasteiger partial charge on any atom is 0.224 e. The van der Waals surface area contributed by atoms with Crippen LogP contribution in [0.5, 0.6) is 0 Å². The lowest BCUT2D eigenvalue weighted by Gasteiger charge is -2.24. The number of aromatic nitrogens is 1. The van der Waals surface area contributed by atoms with Gasteiger partial charge >= 0.3 is 0 Å². The third kappa shape index (κ3) is 5.29. The van der Waals surface area contributed by atoms with Crippen LogP contribution >= 0.6 is 0 Å². The predicted molar refractivity (Wildman–Crippen MR) is 101 cm³/mol. The van der Waals surface area contributed by atoms with Crippen molar-refractivity contribution in [1.29, 1.82) is 0 Å². The second-order valence-electron chi connectivity index (χ2n) is 6.77. The molecule has 1 saturated heterocycles. The molecule has 0 radical (unpaired) electrons. The number of carbonyl (C=O) groups is 1. The monoisotopic (exact) mass is 338 g/mol. The molecule has 3 N–H and O–H groups in total. The summed E-state index contributed by atoms with van der Waals surface area (Å²) in [6, 6.07) is 14.1. The molecular weight excluding hydrogens is 312 g/mol. The van der Waals surface area contributed by atoms with Crippen LogP contribution in [0.15, 0.2) is 48.7 Å². The Labute approximate surface area is 149 Å². The van der Waals surface area contributed by atoms with Crippen molar-refractivity contribution in [2.45, 2.75) is 32.2 Å². The summed E-state index contributed by atoms with van der Waals surface area (Å²) in [6.07, 6.45) is 5.62. The Morgan fingerprint density at radius 2 is 2.04 bits per heavy atom. The molecule has 1 amide bonds. The molecule has 1 aliphatic rings. The molecule has 1 aromatic carbocycles. The Kier molecular flexibility index (Phi) is 6.01. The van der Waals surface area contributed by atoms with Crippen LogP contribution in [0, 0.1) is 5.92 Å². The lowest BCUT2D eigenvalue weighted by atomic mass is 9.99. The van der Waals surface area contributed by atoms with Crippen LogP contribution < -0.4 is 11.1 Å². The summed E-state index contributed by atoms with van der Waals surface area (Å²) in [5, 5.41) is 2.90. The number of amides is 1. The van der Waals surface area contributed by atoms with Crippen molar-refractivity contribution in [3.63, 3.8) is 0 Å². The number of hydrogen-bond donors (Lipinski definition) is 2. The van der Waals surface area contributed by atoms with Gasteiger partial charge in [0.25, 0.3) is 0 Å². The van der Waals surface area contributed by atoms with E-state index in [1.807, 2.05) is 6.07 Å². The number of nitrogens with one attached hydrogen (secondary N) is 1. The van der Waals surface area contributed by atoms with Gasteiger partial charge in [-0.1, -0.05) is 36.8 Å². The highest BCUT2D eigenvalue weighted by Gasteiger charge is 2.21. The molecule has 0 spiro atoms. The number of likely N-dealkylation sites (tertiary alicyclic amines) is 1. The topological polar surface area (TPSA) is 71.2 Å². The molecule has 5 nitrogen and oxygen atoms in total. The van der Waals surface area contributed by atoms with Crippen LogP contribution in [-0.4, -0.2) is 28.9 Å². The van der Waals surface area contributed by atoms with Crippen molar-refractivity contribution in [2.75, 3.05) is 24.1 Å². The van der Waals surface area contributed by atoms with Gasteiger partial charge in [0, 0.05) is 25.7 Å². The number of rotatable bonds is 5. The molecule has 1 atom stereocenters. The van der Waals surface area contributed by atoms with E-state index < -0.39 is 0 Å². The zero-order chi connectivity index (χ0) is 17.5. The molecule has 1 unspecified atom stereocenters. The molecule has 1 aliphatic heterocycles. The van der Waals surface area contributed by atoms with Gasteiger partial charge in [-0.25, -0.2) is 4.98 Å². The van der Waals surface area contributed by atoms with Crippen molar-refractivity contribution in [3.8, 4) is 0 Å². The molecule has 3 rings (SSSR count). The Morgan fingerprint density at radius 1 is 1.20 bits per heavy atom. The zero-order valence-corrected chi connectivity index (χ0v) is 14.5. The molecule has 1 aromatic heterocycles. The highest BCUT2D eigenvalue weighted by Crippen LogP contribution is 2.22. The number of nitrogens with two attached hydrogens (primary N) is 1. The van der Waals surface area contributed by atoms with Gasteiger partial charge in [0.05, 0.1) is 5.69 Å². The van der Waals surface area contributed by atoms with E-state index in [9.17, 15) is 4.79 Å². The fourth-order valence-electron chi connectivity index (χ4n) is 3.45. The van der Waals surface area contributed by atoms with Gasteiger partial charge in [0.2, 0.25) is 5.91 Å². The molecule has 2 aromatic rings. The normalized spacial score (nSPS) is 18.5. The average Bonchev–Trinajstić information content (AvgIpc) is 2.83. The highest BCUT2D eigenvalue weighted by atomic mass is 16.1. The smallest absolute Gasteiger partial charge is 0.224 e. The Balaban J connectivity index is 1.55. The summed E-state index contributed by atoms with van der Waals surface area (Å²) in [5.41, 5.74) is 7.73. The van der Waals surface area contributed by atoms with E-state index in [0.717, 1.165) is 26.1 Å². The Bertz CT molecular complexity index is 689. The van der Waals surface area contributed by atoms with E-state index >= 15 is 0 Å². The first-order valence-corrected chi connectivity index (χ1v) is 8.97. The minimum absolute atomic E-state index is 0.0197. The fraction of sp³-hybridized carbons (Fsp3) is 0.400. The number of anilines is 2. The Morgan fingerprint density at radius 3 is 2.84 bits per heavy atom. The molecule has 0 aliphatic carbocycles. The van der Waals surface area contributed by atoms with Crippen molar-refractivity contribution >= 4 is 17.4 Å². The number of hydrogen-bond acceptors (Lipinski definition) is 4. The molecule has 2 heterocycles. The van der Waals surface area contributed by atoms with E-state index in [2.05, 4.69) is 39.5 Å². The summed E-state index contributed by atoms with van der Waals surface area (Å²) in [4.78, 5) is 18.9. The predicted octanol–water partition coefficient (Wildman–Crippen LogP) is 3.29. The maximum atomic E-state index is 12.4. The van der Waals surface area contributed by atoms with Gasteiger partial charge < -0.3 is 11.1 Å². The van der Waals surface area contributed by atoms with E-state index in [0.29, 0.717) is 23.8 Å². The van der Waals surface area contributed by atoms with Gasteiger partial charge in [-0.15, -0.1) is 0 Å². The quantitative estimate of drug-likeness (QED) is 0.877. The van der Waals surface area contributed by atoms with Gasteiger partial charge in [-0.3, -0.25) is 9.69 Å². The fourth-order valence-corrected chi connectivity index (χ4v) is 3.45. The number of nitrogens with zero attached hydrogens (tertiary/aromatic N) is 2. The van der Waals surface area contributed by atoms with E-state index in [1.165, 1.54) is 18.4 Å². The zero-order valence-electron chi connectivity index (χ0n) is 14.5. The highest BCUT2D eigenvalue weighted by molar-refractivity contribution is 5.93.